The van der Waals surface area contributed by atoms with E-state index in [1.54, 1.807) is 48.5 Å². The summed E-state index contributed by atoms with van der Waals surface area (Å²) in [7, 11) is -3.03. The van der Waals surface area contributed by atoms with Gasteiger partial charge >= 0.3 is 7.47 Å². The van der Waals surface area contributed by atoms with E-state index in [2.05, 4.69) is 10.3 Å². The van der Waals surface area contributed by atoms with E-state index in [1.165, 1.54) is 6.21 Å². The normalized spacial score (nSPS) is 14.1. The minimum Gasteiger partial charge on any atom is -0.504 e. The maximum atomic E-state index is 12.9. The van der Waals surface area contributed by atoms with Crippen LogP contribution in [0, 0.1) is 0 Å². The summed E-state index contributed by atoms with van der Waals surface area (Å²) in [5.41, 5.74) is 1.48. The van der Waals surface area contributed by atoms with E-state index in [-0.39, 0.29) is 23.7 Å². The molecule has 0 atom stereocenters. The summed E-state index contributed by atoms with van der Waals surface area (Å²) < 4.78 is 30.5. The highest BCUT2D eigenvalue weighted by Gasteiger charge is 2.27. The highest BCUT2D eigenvalue weighted by atomic mass is 35.5. The Bertz CT molecular complexity index is 871. The second-order valence-electron chi connectivity index (χ2n) is 5.21. The summed E-state index contributed by atoms with van der Waals surface area (Å²) in [5, 5.41) is 3.08. The molecule has 0 unspecified atom stereocenters. The van der Waals surface area contributed by atoms with E-state index in [9.17, 15) is 13.4 Å². The number of rotatable bonds is 4. The minimum atomic E-state index is -3.03. The lowest BCUT2D eigenvalue weighted by Gasteiger charge is -2.12. The van der Waals surface area contributed by atoms with Crippen LogP contribution in [0.15, 0.2) is 59.1 Å². The summed E-state index contributed by atoms with van der Waals surface area (Å²) in [6.07, 6.45) is 1.19. The average Bonchev–Trinajstić information content (AvgIpc) is 2.70. The Morgan fingerprint density at radius 1 is 1.16 bits per heavy atom. The average molecular weight is 361 g/mol. The molecule has 1 heterocycles. The van der Waals surface area contributed by atoms with Crippen LogP contribution in [0.5, 0.6) is 0 Å². The van der Waals surface area contributed by atoms with Gasteiger partial charge in [0.15, 0.2) is 0 Å². The van der Waals surface area contributed by atoms with Gasteiger partial charge in [-0.25, -0.2) is 8.63 Å². The van der Waals surface area contributed by atoms with Crippen molar-refractivity contribution in [2.24, 2.45) is 4.99 Å². The molecule has 8 heteroatoms. The molecule has 1 aliphatic heterocycles. The number of carbonyl (C=O) groups excluding carboxylic acids is 1. The second-order valence-corrected chi connectivity index (χ2v) is 5.62. The number of aliphatic imine (C=N–C) groups is 1. The van der Waals surface area contributed by atoms with Crippen molar-refractivity contribution in [2.75, 3.05) is 5.32 Å². The van der Waals surface area contributed by atoms with Crippen molar-refractivity contribution in [1.82, 2.24) is 0 Å². The van der Waals surface area contributed by atoms with Gasteiger partial charge in [0.25, 0.3) is 0 Å². The van der Waals surface area contributed by atoms with Crippen LogP contribution in [-0.4, -0.2) is 19.6 Å². The van der Waals surface area contributed by atoms with Crippen molar-refractivity contribution in [3.8, 4) is 0 Å². The lowest BCUT2D eigenvalue weighted by molar-refractivity contribution is -0.115. The van der Waals surface area contributed by atoms with Crippen molar-refractivity contribution in [2.45, 2.75) is 6.42 Å². The fourth-order valence-electron chi connectivity index (χ4n) is 2.45. The summed E-state index contributed by atoms with van der Waals surface area (Å²) >= 11 is 6.04. The van der Waals surface area contributed by atoms with Crippen molar-refractivity contribution in [1.29, 1.82) is 0 Å². The van der Waals surface area contributed by atoms with Crippen molar-refractivity contribution < 1.29 is 18.1 Å². The van der Waals surface area contributed by atoms with Gasteiger partial charge in [-0.15, -0.1) is 0 Å². The Morgan fingerprint density at radius 2 is 1.88 bits per heavy atom. The van der Waals surface area contributed by atoms with Gasteiger partial charge < -0.3 is 9.97 Å². The molecule has 0 aromatic heterocycles. The Labute approximate surface area is 148 Å². The number of carbonyl (C=O) groups is 1. The van der Waals surface area contributed by atoms with Crippen molar-refractivity contribution in [3.05, 3.63) is 64.7 Å². The van der Waals surface area contributed by atoms with Crippen molar-refractivity contribution >= 4 is 48.3 Å². The van der Waals surface area contributed by atoms with Gasteiger partial charge in [-0.1, -0.05) is 35.9 Å². The molecule has 3 rings (SSSR count). The molecule has 1 amide bonds. The number of halogens is 3. The van der Waals surface area contributed by atoms with Crippen LogP contribution in [-0.2, 0) is 9.45 Å². The van der Waals surface area contributed by atoms with Crippen LogP contribution < -0.4 is 5.32 Å². The highest BCUT2D eigenvalue weighted by Crippen LogP contribution is 2.33. The van der Waals surface area contributed by atoms with Crippen LogP contribution in [0.2, 0.25) is 5.02 Å². The van der Waals surface area contributed by atoms with Gasteiger partial charge in [-0.3, -0.25) is 9.79 Å². The van der Waals surface area contributed by atoms with E-state index in [0.29, 0.717) is 22.0 Å². The SMILES string of the molecule is O=C1CC(C=Nc2ccccc2Cl)=C(OB(F)F)c2ccccc2N1. The maximum absolute atomic E-state index is 12.9. The van der Waals surface area contributed by atoms with Crippen LogP contribution in [0.4, 0.5) is 20.0 Å². The van der Waals surface area contributed by atoms with Gasteiger partial charge in [-0.2, -0.15) is 0 Å². The Morgan fingerprint density at radius 3 is 2.64 bits per heavy atom. The highest BCUT2D eigenvalue weighted by molar-refractivity contribution is 6.36. The summed E-state index contributed by atoms with van der Waals surface area (Å²) in [6, 6.07) is 13.4. The third-order valence-corrected chi connectivity index (χ3v) is 3.83. The third-order valence-electron chi connectivity index (χ3n) is 3.51. The Hall–Kier alpha value is -2.67. The first kappa shape index (κ1) is 17.2. The van der Waals surface area contributed by atoms with Crippen molar-refractivity contribution in [3.63, 3.8) is 0 Å². The molecule has 0 saturated heterocycles. The molecule has 0 radical (unpaired) electrons. The number of amides is 1. The molecule has 0 spiro atoms. The zero-order chi connectivity index (χ0) is 17.8. The summed E-state index contributed by atoms with van der Waals surface area (Å²) in [6.45, 7) is 0. The van der Waals surface area contributed by atoms with E-state index in [0.717, 1.165) is 0 Å². The lowest BCUT2D eigenvalue weighted by Crippen LogP contribution is -2.11. The Kier molecular flexibility index (Phi) is 5.14. The topological polar surface area (TPSA) is 50.7 Å². The smallest absolute Gasteiger partial charge is 0.504 e. The largest absolute Gasteiger partial charge is 0.796 e. The van der Waals surface area contributed by atoms with E-state index >= 15 is 0 Å². The predicted octanol–water partition coefficient (Wildman–Crippen LogP) is 4.74. The summed E-state index contributed by atoms with van der Waals surface area (Å²) in [5.74, 6) is -0.430. The van der Waals surface area contributed by atoms with Gasteiger partial charge in [0.1, 0.15) is 5.76 Å². The predicted molar refractivity (Wildman–Crippen MR) is 95.3 cm³/mol. The van der Waals surface area contributed by atoms with Crippen LogP contribution in [0.3, 0.4) is 0 Å². The van der Waals surface area contributed by atoms with Gasteiger partial charge in [0.2, 0.25) is 5.91 Å². The van der Waals surface area contributed by atoms with Crippen LogP contribution in [0.1, 0.15) is 12.0 Å². The molecule has 2 aromatic carbocycles. The van der Waals surface area contributed by atoms with Gasteiger partial charge in [0.05, 0.1) is 22.8 Å². The molecule has 2 aromatic rings. The fraction of sp³-hybridized carbons (Fsp3) is 0.0588. The molecule has 0 bridgehead atoms. The molecule has 1 N–H and O–H groups in total. The quantitative estimate of drug-likeness (QED) is 0.632. The third kappa shape index (κ3) is 4.06. The van der Waals surface area contributed by atoms with Gasteiger partial charge in [-0.05, 0) is 24.3 Å². The number of nitrogens with one attached hydrogen (secondary N) is 1. The first-order valence-electron chi connectivity index (χ1n) is 7.40. The van der Waals surface area contributed by atoms with E-state index < -0.39 is 7.47 Å². The zero-order valence-electron chi connectivity index (χ0n) is 12.9. The monoisotopic (exact) mass is 360 g/mol. The van der Waals surface area contributed by atoms with E-state index in [4.69, 9.17) is 16.3 Å². The number of nitrogens with zero attached hydrogens (tertiary/aromatic N) is 1. The summed E-state index contributed by atoms with van der Waals surface area (Å²) in [4.78, 5) is 16.3. The number of anilines is 1. The maximum Gasteiger partial charge on any atom is 0.796 e. The Balaban J connectivity index is 2.09. The molecule has 4 nitrogen and oxygen atoms in total. The van der Waals surface area contributed by atoms with E-state index in [1.807, 2.05) is 0 Å². The fourth-order valence-corrected chi connectivity index (χ4v) is 2.63. The molecule has 0 saturated carbocycles. The standard InChI is InChI=1S/C17H12BClF2N2O2/c19-13-6-2-4-8-15(13)22-10-11-9-16(24)23-14-7-3-1-5-12(14)17(11)25-18(20)21/h1-8,10H,9H2,(H,23,24). The molecule has 25 heavy (non-hydrogen) atoms. The van der Waals surface area contributed by atoms with Crippen LogP contribution in [0.25, 0.3) is 5.76 Å². The molecular formula is C17H12BClF2N2O2. The second kappa shape index (κ2) is 7.48. The number of fused-ring (bicyclic) bond motifs is 1. The molecule has 1 aliphatic rings. The van der Waals surface area contributed by atoms with Crippen LogP contribution >= 0.6 is 11.6 Å². The first-order chi connectivity index (χ1) is 12.0. The lowest BCUT2D eigenvalue weighted by atomic mass is 10.1. The number of hydrogen-bond donors (Lipinski definition) is 1. The molecule has 126 valence electrons. The number of benzene rings is 2. The number of hydrogen-bond acceptors (Lipinski definition) is 3. The number of para-hydroxylation sites is 2. The molecule has 0 fully saturated rings. The zero-order valence-corrected chi connectivity index (χ0v) is 13.6. The molecular weight excluding hydrogens is 348 g/mol. The molecule has 0 aliphatic carbocycles. The first-order valence-corrected chi connectivity index (χ1v) is 7.78. The van der Waals surface area contributed by atoms with Gasteiger partial charge in [0, 0.05) is 17.4 Å². The minimum absolute atomic E-state index is 0.0836.